The summed E-state index contributed by atoms with van der Waals surface area (Å²) in [5.74, 6) is 2.12. The van der Waals surface area contributed by atoms with Crippen LogP contribution < -0.4 is 15.4 Å². The third-order valence-corrected chi connectivity index (χ3v) is 6.42. The van der Waals surface area contributed by atoms with E-state index in [0.717, 1.165) is 49.2 Å². The van der Waals surface area contributed by atoms with Crippen molar-refractivity contribution in [2.75, 3.05) is 36.0 Å². The SMILES string of the molecule is Cc1cc(N2CCN(c3ccc(-n4ncc(Cl)c(Cl)c4=O)cc3Cl)CC2)nc(C(C)C)n1. The first-order chi connectivity index (χ1) is 15.2. The molecule has 1 fully saturated rings. The van der Waals surface area contributed by atoms with Crippen LogP contribution in [0.4, 0.5) is 11.5 Å². The number of piperazine rings is 1. The summed E-state index contributed by atoms with van der Waals surface area (Å²) < 4.78 is 1.19. The van der Waals surface area contributed by atoms with Crippen molar-refractivity contribution in [1.82, 2.24) is 19.7 Å². The molecule has 0 unspecified atom stereocenters. The average Bonchev–Trinajstić information content (AvgIpc) is 2.77. The molecule has 0 amide bonds. The Morgan fingerprint density at radius 3 is 2.28 bits per heavy atom. The highest BCUT2D eigenvalue weighted by atomic mass is 35.5. The van der Waals surface area contributed by atoms with Gasteiger partial charge in [0, 0.05) is 43.9 Å². The molecule has 1 aromatic carbocycles. The molecule has 0 bridgehead atoms. The van der Waals surface area contributed by atoms with Crippen molar-refractivity contribution in [2.45, 2.75) is 26.7 Å². The Hall–Kier alpha value is -2.35. The number of aryl methyl sites for hydroxylation is 1. The summed E-state index contributed by atoms with van der Waals surface area (Å²) >= 11 is 18.4. The third kappa shape index (κ3) is 4.56. The first kappa shape index (κ1) is 22.8. The van der Waals surface area contributed by atoms with E-state index in [-0.39, 0.29) is 16.0 Å². The van der Waals surface area contributed by atoms with Crippen LogP contribution in [0.3, 0.4) is 0 Å². The molecule has 0 aliphatic carbocycles. The van der Waals surface area contributed by atoms with Gasteiger partial charge >= 0.3 is 0 Å². The number of anilines is 2. The van der Waals surface area contributed by atoms with Gasteiger partial charge in [0.15, 0.2) is 0 Å². The minimum atomic E-state index is -0.488. The monoisotopic (exact) mass is 492 g/mol. The Labute approximate surface area is 201 Å². The van der Waals surface area contributed by atoms with Crippen LogP contribution in [0.2, 0.25) is 15.1 Å². The van der Waals surface area contributed by atoms with E-state index >= 15 is 0 Å². The normalized spacial score (nSPS) is 14.3. The van der Waals surface area contributed by atoms with E-state index in [2.05, 4.69) is 33.7 Å². The predicted molar refractivity (Wildman–Crippen MR) is 130 cm³/mol. The lowest BCUT2D eigenvalue weighted by molar-refractivity contribution is 0.641. The van der Waals surface area contributed by atoms with Crippen molar-refractivity contribution in [3.05, 3.63) is 67.4 Å². The minimum Gasteiger partial charge on any atom is -0.367 e. The highest BCUT2D eigenvalue weighted by molar-refractivity contribution is 6.41. The van der Waals surface area contributed by atoms with Gasteiger partial charge in [-0.05, 0) is 25.1 Å². The molecule has 10 heteroatoms. The molecule has 32 heavy (non-hydrogen) atoms. The molecular formula is C22H23Cl3N6O. The maximum atomic E-state index is 12.4. The quantitative estimate of drug-likeness (QED) is 0.523. The highest BCUT2D eigenvalue weighted by Crippen LogP contribution is 2.30. The van der Waals surface area contributed by atoms with Crippen LogP contribution in [0.5, 0.6) is 0 Å². The molecule has 0 atom stereocenters. The van der Waals surface area contributed by atoms with E-state index in [9.17, 15) is 4.79 Å². The smallest absolute Gasteiger partial charge is 0.291 e. The number of hydrogen-bond acceptors (Lipinski definition) is 6. The minimum absolute atomic E-state index is 0.0708. The van der Waals surface area contributed by atoms with E-state index in [0.29, 0.717) is 10.7 Å². The van der Waals surface area contributed by atoms with Crippen LogP contribution in [0.15, 0.2) is 35.3 Å². The van der Waals surface area contributed by atoms with Crippen LogP contribution >= 0.6 is 34.8 Å². The lowest BCUT2D eigenvalue weighted by Gasteiger charge is -2.37. The lowest BCUT2D eigenvalue weighted by atomic mass is 10.2. The zero-order valence-electron chi connectivity index (χ0n) is 18.0. The molecule has 1 saturated heterocycles. The van der Waals surface area contributed by atoms with E-state index in [1.165, 1.54) is 10.9 Å². The van der Waals surface area contributed by atoms with Crippen molar-refractivity contribution in [1.29, 1.82) is 0 Å². The number of halogens is 3. The van der Waals surface area contributed by atoms with Crippen LogP contribution in [0, 0.1) is 6.92 Å². The van der Waals surface area contributed by atoms with Gasteiger partial charge in [0.05, 0.1) is 27.6 Å². The van der Waals surface area contributed by atoms with E-state index in [1.54, 1.807) is 12.1 Å². The van der Waals surface area contributed by atoms with Crippen molar-refractivity contribution >= 4 is 46.3 Å². The second-order valence-electron chi connectivity index (χ2n) is 8.01. The van der Waals surface area contributed by atoms with Gasteiger partial charge in [-0.1, -0.05) is 48.7 Å². The molecule has 1 aliphatic rings. The number of nitrogens with zero attached hydrogens (tertiary/aromatic N) is 6. The largest absolute Gasteiger partial charge is 0.367 e. The molecule has 4 rings (SSSR count). The van der Waals surface area contributed by atoms with Crippen molar-refractivity contribution in [3.8, 4) is 5.69 Å². The van der Waals surface area contributed by atoms with Gasteiger partial charge in [-0.3, -0.25) is 4.79 Å². The van der Waals surface area contributed by atoms with E-state index in [4.69, 9.17) is 39.8 Å². The Morgan fingerprint density at radius 2 is 1.62 bits per heavy atom. The lowest BCUT2D eigenvalue weighted by Crippen LogP contribution is -2.47. The van der Waals surface area contributed by atoms with Gasteiger partial charge < -0.3 is 9.80 Å². The summed E-state index contributed by atoms with van der Waals surface area (Å²) in [5, 5.41) is 4.64. The molecule has 3 heterocycles. The standard InChI is InChI=1S/C22H23Cl3N6O/c1-13(2)21-27-14(3)10-19(28-21)30-8-6-29(7-9-30)18-5-4-15(11-16(18)23)31-22(32)20(25)17(24)12-26-31/h4-5,10-13H,6-9H2,1-3H3. The number of hydrogen-bond donors (Lipinski definition) is 0. The van der Waals surface area contributed by atoms with Gasteiger partial charge in [-0.25, -0.2) is 9.97 Å². The first-order valence-corrected chi connectivity index (χ1v) is 11.5. The zero-order valence-corrected chi connectivity index (χ0v) is 20.3. The third-order valence-electron chi connectivity index (χ3n) is 5.37. The number of benzene rings is 1. The Morgan fingerprint density at radius 1 is 0.938 bits per heavy atom. The van der Waals surface area contributed by atoms with Gasteiger partial charge in [-0.15, -0.1) is 0 Å². The van der Waals surface area contributed by atoms with Gasteiger partial charge in [0.25, 0.3) is 5.56 Å². The molecule has 3 aromatic rings. The molecule has 0 spiro atoms. The molecule has 7 nitrogen and oxygen atoms in total. The second-order valence-corrected chi connectivity index (χ2v) is 9.21. The Bertz CT molecular complexity index is 1200. The molecule has 0 N–H and O–H groups in total. The molecule has 0 radical (unpaired) electrons. The fraction of sp³-hybridized carbons (Fsp3) is 0.364. The predicted octanol–water partition coefficient (Wildman–Crippen LogP) is 4.74. The molecule has 0 saturated carbocycles. The van der Waals surface area contributed by atoms with Crippen molar-refractivity contribution in [3.63, 3.8) is 0 Å². The highest BCUT2D eigenvalue weighted by Gasteiger charge is 2.22. The zero-order chi connectivity index (χ0) is 23.0. The summed E-state index contributed by atoms with van der Waals surface area (Å²) in [7, 11) is 0. The summed E-state index contributed by atoms with van der Waals surface area (Å²) in [6, 6.07) is 7.44. The molecule has 2 aromatic heterocycles. The van der Waals surface area contributed by atoms with Crippen LogP contribution in [-0.2, 0) is 0 Å². The fourth-order valence-electron chi connectivity index (χ4n) is 3.65. The average molecular weight is 494 g/mol. The van der Waals surface area contributed by atoms with Crippen molar-refractivity contribution < 1.29 is 0 Å². The maximum absolute atomic E-state index is 12.4. The van der Waals surface area contributed by atoms with Crippen LogP contribution in [-0.4, -0.2) is 45.9 Å². The van der Waals surface area contributed by atoms with Gasteiger partial charge in [-0.2, -0.15) is 9.78 Å². The van der Waals surface area contributed by atoms with E-state index < -0.39 is 5.56 Å². The van der Waals surface area contributed by atoms with Crippen LogP contribution in [0.25, 0.3) is 5.69 Å². The molecular weight excluding hydrogens is 471 g/mol. The topological polar surface area (TPSA) is 67.2 Å². The molecule has 1 aliphatic heterocycles. The summed E-state index contributed by atoms with van der Waals surface area (Å²) in [6.07, 6.45) is 1.34. The Kier molecular flexibility index (Phi) is 6.60. The first-order valence-electron chi connectivity index (χ1n) is 10.3. The van der Waals surface area contributed by atoms with Gasteiger partial charge in [0.1, 0.15) is 16.7 Å². The van der Waals surface area contributed by atoms with Crippen molar-refractivity contribution in [2.24, 2.45) is 0 Å². The summed E-state index contributed by atoms with van der Waals surface area (Å²) in [5.41, 5.74) is 1.92. The summed E-state index contributed by atoms with van der Waals surface area (Å²) in [6.45, 7) is 9.43. The summed E-state index contributed by atoms with van der Waals surface area (Å²) in [4.78, 5) is 26.2. The van der Waals surface area contributed by atoms with Gasteiger partial charge in [0.2, 0.25) is 0 Å². The second kappa shape index (κ2) is 9.25. The fourth-order valence-corrected chi connectivity index (χ4v) is 4.20. The van der Waals surface area contributed by atoms with Crippen LogP contribution in [0.1, 0.15) is 31.3 Å². The number of rotatable bonds is 4. The number of aromatic nitrogens is 4. The molecule has 168 valence electrons. The Balaban J connectivity index is 1.51. The van der Waals surface area contributed by atoms with E-state index in [1.807, 2.05) is 19.1 Å². The maximum Gasteiger partial charge on any atom is 0.291 e.